The average Bonchev–Trinajstić information content (AvgIpc) is 2.61. The smallest absolute Gasteiger partial charge is 0.0409 e. The van der Waals surface area contributed by atoms with Crippen molar-refractivity contribution in [1.29, 1.82) is 0 Å². The topological polar surface area (TPSA) is 24.9 Å². The molecule has 0 radical (unpaired) electrons. The minimum absolute atomic E-state index is 0.446. The molecule has 1 aliphatic rings. The molecule has 15 heavy (non-hydrogen) atoms. The van der Waals surface area contributed by atoms with Crippen LogP contribution in [0.3, 0.4) is 0 Å². The first-order valence-electron chi connectivity index (χ1n) is 5.79. The van der Waals surface area contributed by atoms with Gasteiger partial charge >= 0.3 is 0 Å². The molecule has 1 saturated carbocycles. The van der Waals surface area contributed by atoms with Crippen LogP contribution in [0.1, 0.15) is 31.9 Å². The Morgan fingerprint density at radius 1 is 1.53 bits per heavy atom. The lowest BCUT2D eigenvalue weighted by Crippen LogP contribution is -2.24. The quantitative estimate of drug-likeness (QED) is 0.818. The molecule has 2 atom stereocenters. The fourth-order valence-corrected chi connectivity index (χ4v) is 2.67. The summed E-state index contributed by atoms with van der Waals surface area (Å²) in [6.07, 6.45) is 6.91. The number of aromatic nitrogens is 1. The lowest BCUT2D eigenvalue weighted by molar-refractivity contribution is 0.321. The number of nitrogens with one attached hydrogen (secondary N) is 1. The molecule has 1 N–H and O–H groups in total. The number of hydrogen-bond donors (Lipinski definition) is 1. The van der Waals surface area contributed by atoms with Crippen molar-refractivity contribution in [3.8, 4) is 0 Å². The highest BCUT2D eigenvalue weighted by Crippen LogP contribution is 2.40. The first-order chi connectivity index (χ1) is 7.22. The molecule has 2 heteroatoms. The van der Waals surface area contributed by atoms with Gasteiger partial charge in [-0.05, 0) is 50.3 Å². The van der Waals surface area contributed by atoms with Crippen LogP contribution < -0.4 is 5.32 Å². The number of hydrogen-bond acceptors (Lipinski definition) is 2. The minimum atomic E-state index is 0.446. The van der Waals surface area contributed by atoms with Crippen LogP contribution in [0.4, 0.5) is 0 Å². The van der Waals surface area contributed by atoms with Crippen LogP contribution in [0.25, 0.3) is 0 Å². The molecule has 0 amide bonds. The molecule has 0 spiro atoms. The number of nitrogens with zero attached hydrogens (tertiary/aromatic N) is 1. The van der Waals surface area contributed by atoms with Crippen LogP contribution in [-0.2, 0) is 6.42 Å². The van der Waals surface area contributed by atoms with Crippen LogP contribution in [-0.4, -0.2) is 18.1 Å². The van der Waals surface area contributed by atoms with Gasteiger partial charge in [0.2, 0.25) is 0 Å². The zero-order valence-corrected chi connectivity index (χ0v) is 9.66. The molecule has 2 nitrogen and oxygen atoms in total. The van der Waals surface area contributed by atoms with Gasteiger partial charge in [0.25, 0.3) is 0 Å². The molecule has 1 aromatic heterocycles. The van der Waals surface area contributed by atoms with Gasteiger partial charge < -0.3 is 5.32 Å². The van der Waals surface area contributed by atoms with Crippen molar-refractivity contribution < 1.29 is 0 Å². The summed E-state index contributed by atoms with van der Waals surface area (Å²) in [5.74, 6) is 0. The summed E-state index contributed by atoms with van der Waals surface area (Å²) < 4.78 is 0. The van der Waals surface area contributed by atoms with Gasteiger partial charge in [-0.3, -0.25) is 4.98 Å². The Bertz CT molecular complexity index is 310. The van der Waals surface area contributed by atoms with Crippen LogP contribution in [0, 0.1) is 5.41 Å². The molecule has 2 rings (SSSR count). The normalized spacial score (nSPS) is 30.7. The second kappa shape index (κ2) is 4.31. The summed E-state index contributed by atoms with van der Waals surface area (Å²) in [7, 11) is 2.07. The summed E-state index contributed by atoms with van der Waals surface area (Å²) in [5.41, 5.74) is 1.68. The maximum absolute atomic E-state index is 4.42. The van der Waals surface area contributed by atoms with E-state index in [1.165, 1.54) is 25.0 Å². The maximum Gasteiger partial charge on any atom is 0.0409 e. The predicted octanol–water partition coefficient (Wildman–Crippen LogP) is 2.40. The van der Waals surface area contributed by atoms with Crippen molar-refractivity contribution in [3.63, 3.8) is 0 Å². The van der Waals surface area contributed by atoms with E-state index in [4.69, 9.17) is 0 Å². The van der Waals surface area contributed by atoms with E-state index in [-0.39, 0.29) is 0 Å². The van der Waals surface area contributed by atoms with E-state index in [2.05, 4.69) is 36.4 Å². The van der Waals surface area contributed by atoms with Gasteiger partial charge in [-0.2, -0.15) is 0 Å². The fraction of sp³-hybridized carbons (Fsp3) is 0.615. The minimum Gasteiger partial charge on any atom is -0.317 e. The van der Waals surface area contributed by atoms with Crippen molar-refractivity contribution in [2.75, 3.05) is 7.05 Å². The molecular weight excluding hydrogens is 184 g/mol. The molecule has 0 aliphatic heterocycles. The molecule has 2 unspecified atom stereocenters. The molecule has 0 bridgehead atoms. The van der Waals surface area contributed by atoms with Crippen molar-refractivity contribution in [2.45, 2.75) is 38.6 Å². The maximum atomic E-state index is 4.42. The van der Waals surface area contributed by atoms with E-state index in [0.717, 1.165) is 6.42 Å². The Balaban J connectivity index is 2.00. The van der Waals surface area contributed by atoms with Crippen molar-refractivity contribution >= 4 is 0 Å². The van der Waals surface area contributed by atoms with E-state index >= 15 is 0 Å². The predicted molar refractivity (Wildman–Crippen MR) is 62.7 cm³/mol. The van der Waals surface area contributed by atoms with Gasteiger partial charge in [0, 0.05) is 17.9 Å². The monoisotopic (exact) mass is 204 g/mol. The first-order valence-corrected chi connectivity index (χ1v) is 5.79. The fourth-order valence-electron chi connectivity index (χ4n) is 2.67. The van der Waals surface area contributed by atoms with E-state index in [0.29, 0.717) is 11.5 Å². The first kappa shape index (κ1) is 10.6. The summed E-state index contributed by atoms with van der Waals surface area (Å²) in [5, 5.41) is 3.38. The molecule has 82 valence electrons. The van der Waals surface area contributed by atoms with Gasteiger partial charge in [0.15, 0.2) is 0 Å². The van der Waals surface area contributed by atoms with Gasteiger partial charge in [0.05, 0.1) is 0 Å². The third-order valence-corrected chi connectivity index (χ3v) is 3.58. The number of pyridine rings is 1. The van der Waals surface area contributed by atoms with Crippen LogP contribution >= 0.6 is 0 Å². The SMILES string of the molecule is CNC1CCC(C)(Cc2ccccn2)C1. The summed E-state index contributed by atoms with van der Waals surface area (Å²) in [6, 6.07) is 6.91. The highest BCUT2D eigenvalue weighted by Gasteiger charge is 2.34. The Labute approximate surface area is 92.1 Å². The van der Waals surface area contributed by atoms with E-state index in [1.807, 2.05) is 12.3 Å². The molecule has 1 heterocycles. The standard InChI is InChI=1S/C13H20N2/c1-13(7-6-11(9-13)14-2)10-12-5-3-4-8-15-12/h3-5,8,11,14H,6-7,9-10H2,1-2H3. The van der Waals surface area contributed by atoms with Crippen LogP contribution in [0.15, 0.2) is 24.4 Å². The van der Waals surface area contributed by atoms with Crippen molar-refractivity contribution in [1.82, 2.24) is 10.3 Å². The van der Waals surface area contributed by atoms with Gasteiger partial charge in [-0.1, -0.05) is 13.0 Å². The Kier molecular flexibility index (Phi) is 3.06. The van der Waals surface area contributed by atoms with Crippen molar-refractivity contribution in [2.24, 2.45) is 5.41 Å². The zero-order chi connectivity index (χ0) is 10.7. The molecule has 1 fully saturated rings. The summed E-state index contributed by atoms with van der Waals surface area (Å²) in [6.45, 7) is 2.39. The lowest BCUT2D eigenvalue weighted by Gasteiger charge is -2.23. The van der Waals surface area contributed by atoms with E-state index in [9.17, 15) is 0 Å². The third kappa shape index (κ3) is 2.57. The molecule has 0 saturated heterocycles. The van der Waals surface area contributed by atoms with Crippen molar-refractivity contribution in [3.05, 3.63) is 30.1 Å². The second-order valence-electron chi connectivity index (χ2n) is 5.04. The molecule has 1 aromatic rings. The van der Waals surface area contributed by atoms with Crippen LogP contribution in [0.5, 0.6) is 0 Å². The van der Waals surface area contributed by atoms with Crippen LogP contribution in [0.2, 0.25) is 0 Å². The zero-order valence-electron chi connectivity index (χ0n) is 9.66. The molecular formula is C13H20N2. The lowest BCUT2D eigenvalue weighted by atomic mass is 9.83. The van der Waals surface area contributed by atoms with E-state index in [1.54, 1.807) is 0 Å². The highest BCUT2D eigenvalue weighted by atomic mass is 14.9. The summed E-state index contributed by atoms with van der Waals surface area (Å²) >= 11 is 0. The Morgan fingerprint density at radius 3 is 3.00 bits per heavy atom. The van der Waals surface area contributed by atoms with Gasteiger partial charge in [-0.15, -0.1) is 0 Å². The Hall–Kier alpha value is -0.890. The second-order valence-corrected chi connectivity index (χ2v) is 5.04. The number of rotatable bonds is 3. The largest absolute Gasteiger partial charge is 0.317 e. The van der Waals surface area contributed by atoms with Gasteiger partial charge in [-0.25, -0.2) is 0 Å². The third-order valence-electron chi connectivity index (χ3n) is 3.58. The molecule has 1 aliphatic carbocycles. The van der Waals surface area contributed by atoms with Gasteiger partial charge in [0.1, 0.15) is 0 Å². The summed E-state index contributed by atoms with van der Waals surface area (Å²) in [4.78, 5) is 4.42. The Morgan fingerprint density at radius 2 is 2.40 bits per heavy atom. The van der Waals surface area contributed by atoms with E-state index < -0.39 is 0 Å². The average molecular weight is 204 g/mol. The molecule has 0 aromatic carbocycles. The highest BCUT2D eigenvalue weighted by molar-refractivity contribution is 5.07.